The number of ether oxygens (including phenoxy) is 1. The molecule has 0 N–H and O–H groups in total. The third kappa shape index (κ3) is 3.25. The first-order chi connectivity index (χ1) is 9.40. The molecule has 20 heavy (non-hydrogen) atoms. The standard InChI is InChI=1S/C12H10F4N2O2/c1-19-8-4-2-7(3-5-8)6-9-17-11(20-18-9)10(13)12(14,15)16/h2-5,10H,6H2,1H3/t10-/m1/s1. The summed E-state index contributed by atoms with van der Waals surface area (Å²) in [5.74, 6) is -0.457. The van der Waals surface area contributed by atoms with Crippen molar-refractivity contribution in [2.24, 2.45) is 0 Å². The fraction of sp³-hybridized carbons (Fsp3) is 0.333. The Hall–Kier alpha value is -2.12. The normalized spacial score (nSPS) is 13.2. The van der Waals surface area contributed by atoms with Crippen LogP contribution in [0.5, 0.6) is 5.75 Å². The van der Waals surface area contributed by atoms with Gasteiger partial charge in [-0.05, 0) is 17.7 Å². The van der Waals surface area contributed by atoms with E-state index < -0.39 is 18.2 Å². The Morgan fingerprint density at radius 3 is 2.45 bits per heavy atom. The van der Waals surface area contributed by atoms with Gasteiger partial charge in [-0.3, -0.25) is 0 Å². The van der Waals surface area contributed by atoms with Gasteiger partial charge in [0.1, 0.15) is 5.75 Å². The molecular weight excluding hydrogens is 280 g/mol. The minimum Gasteiger partial charge on any atom is -0.497 e. The van der Waals surface area contributed by atoms with E-state index in [1.807, 2.05) is 0 Å². The van der Waals surface area contributed by atoms with Crippen molar-refractivity contribution in [3.63, 3.8) is 0 Å². The Labute approximate surface area is 111 Å². The van der Waals surface area contributed by atoms with Crippen LogP contribution in [0, 0.1) is 0 Å². The summed E-state index contributed by atoms with van der Waals surface area (Å²) in [6.45, 7) is 0. The van der Waals surface area contributed by atoms with Crippen molar-refractivity contribution in [2.75, 3.05) is 7.11 Å². The first kappa shape index (κ1) is 14.3. The number of hydrogen-bond donors (Lipinski definition) is 0. The SMILES string of the molecule is COc1ccc(Cc2noc([C@@H](F)C(F)(F)F)n2)cc1. The van der Waals surface area contributed by atoms with Crippen LogP contribution in [0.2, 0.25) is 0 Å². The van der Waals surface area contributed by atoms with E-state index >= 15 is 0 Å². The molecule has 1 aromatic carbocycles. The van der Waals surface area contributed by atoms with Gasteiger partial charge in [0.15, 0.2) is 5.82 Å². The van der Waals surface area contributed by atoms with Gasteiger partial charge < -0.3 is 9.26 Å². The summed E-state index contributed by atoms with van der Waals surface area (Å²) in [6, 6.07) is 6.77. The maximum Gasteiger partial charge on any atom is 0.428 e. The molecule has 0 saturated heterocycles. The lowest BCUT2D eigenvalue weighted by Crippen LogP contribution is -2.16. The van der Waals surface area contributed by atoms with Crippen LogP contribution in [0.25, 0.3) is 0 Å². The highest BCUT2D eigenvalue weighted by atomic mass is 19.4. The van der Waals surface area contributed by atoms with Gasteiger partial charge in [-0.1, -0.05) is 17.3 Å². The minimum absolute atomic E-state index is 0.0166. The maximum atomic E-state index is 13.0. The number of rotatable bonds is 4. The second-order valence-corrected chi connectivity index (χ2v) is 3.98. The van der Waals surface area contributed by atoms with Gasteiger partial charge in [-0.15, -0.1) is 0 Å². The van der Waals surface area contributed by atoms with Gasteiger partial charge in [0, 0.05) is 6.42 Å². The molecule has 0 radical (unpaired) electrons. The molecule has 0 unspecified atom stereocenters. The number of aromatic nitrogens is 2. The Morgan fingerprint density at radius 1 is 1.25 bits per heavy atom. The van der Waals surface area contributed by atoms with E-state index in [0.29, 0.717) is 5.75 Å². The van der Waals surface area contributed by atoms with Crippen LogP contribution in [0.4, 0.5) is 17.6 Å². The quantitative estimate of drug-likeness (QED) is 0.811. The van der Waals surface area contributed by atoms with Gasteiger partial charge in [0.2, 0.25) is 0 Å². The van der Waals surface area contributed by atoms with E-state index in [1.54, 1.807) is 24.3 Å². The van der Waals surface area contributed by atoms with Crippen LogP contribution in [0.15, 0.2) is 28.8 Å². The molecular formula is C12H10F4N2O2. The molecule has 0 amide bonds. The lowest BCUT2D eigenvalue weighted by molar-refractivity contribution is -0.189. The number of methoxy groups -OCH3 is 1. The van der Waals surface area contributed by atoms with E-state index in [2.05, 4.69) is 14.7 Å². The molecule has 8 heteroatoms. The van der Waals surface area contributed by atoms with E-state index in [4.69, 9.17) is 4.74 Å². The smallest absolute Gasteiger partial charge is 0.428 e. The fourth-order valence-electron chi connectivity index (χ4n) is 1.51. The van der Waals surface area contributed by atoms with E-state index in [1.165, 1.54) is 7.11 Å². The summed E-state index contributed by atoms with van der Waals surface area (Å²) in [5, 5.41) is 3.33. The summed E-state index contributed by atoms with van der Waals surface area (Å²) in [6.07, 6.45) is -8.18. The average Bonchev–Trinajstić information content (AvgIpc) is 2.86. The number of benzene rings is 1. The predicted molar refractivity (Wildman–Crippen MR) is 60.0 cm³/mol. The average molecular weight is 290 g/mol. The Morgan fingerprint density at radius 2 is 1.90 bits per heavy atom. The molecule has 0 spiro atoms. The molecule has 2 aromatic rings. The zero-order valence-corrected chi connectivity index (χ0v) is 10.3. The van der Waals surface area contributed by atoms with Crippen molar-refractivity contribution < 1.29 is 26.8 Å². The van der Waals surface area contributed by atoms with Crippen LogP contribution in [0.3, 0.4) is 0 Å². The van der Waals surface area contributed by atoms with E-state index in [9.17, 15) is 17.6 Å². The van der Waals surface area contributed by atoms with Crippen molar-refractivity contribution in [2.45, 2.75) is 18.8 Å². The second kappa shape index (κ2) is 5.48. The third-order valence-electron chi connectivity index (χ3n) is 2.51. The summed E-state index contributed by atoms with van der Waals surface area (Å²) in [5.41, 5.74) is 0.737. The number of hydrogen-bond acceptors (Lipinski definition) is 4. The molecule has 0 bridgehead atoms. The van der Waals surface area contributed by atoms with Crippen LogP contribution in [0.1, 0.15) is 23.5 Å². The molecule has 0 fully saturated rings. The molecule has 0 aliphatic heterocycles. The molecule has 1 heterocycles. The highest BCUT2D eigenvalue weighted by Gasteiger charge is 2.45. The van der Waals surface area contributed by atoms with Gasteiger partial charge in [0.05, 0.1) is 7.11 Å². The topological polar surface area (TPSA) is 48.2 Å². The zero-order valence-electron chi connectivity index (χ0n) is 10.3. The summed E-state index contributed by atoms with van der Waals surface area (Å²) in [4.78, 5) is 3.41. The number of halogens is 4. The van der Waals surface area contributed by atoms with Crippen molar-refractivity contribution in [3.05, 3.63) is 41.5 Å². The summed E-state index contributed by atoms with van der Waals surface area (Å²) < 4.78 is 58.6. The van der Waals surface area contributed by atoms with Crippen molar-refractivity contribution in [1.29, 1.82) is 0 Å². The Kier molecular flexibility index (Phi) is 3.91. The van der Waals surface area contributed by atoms with Gasteiger partial charge in [-0.2, -0.15) is 18.2 Å². The third-order valence-corrected chi connectivity index (χ3v) is 2.51. The lowest BCUT2D eigenvalue weighted by Gasteiger charge is -2.06. The summed E-state index contributed by atoms with van der Waals surface area (Å²) in [7, 11) is 1.51. The predicted octanol–water partition coefficient (Wildman–Crippen LogP) is 3.24. The first-order valence-electron chi connectivity index (χ1n) is 5.56. The van der Waals surface area contributed by atoms with Crippen molar-refractivity contribution in [1.82, 2.24) is 10.1 Å². The monoisotopic (exact) mass is 290 g/mol. The molecule has 4 nitrogen and oxygen atoms in total. The maximum absolute atomic E-state index is 13.0. The van der Waals surface area contributed by atoms with Crippen molar-refractivity contribution in [3.8, 4) is 5.75 Å². The van der Waals surface area contributed by atoms with Crippen LogP contribution in [-0.4, -0.2) is 23.4 Å². The number of nitrogens with zero attached hydrogens (tertiary/aromatic N) is 2. The lowest BCUT2D eigenvalue weighted by atomic mass is 10.1. The first-order valence-corrected chi connectivity index (χ1v) is 5.56. The van der Waals surface area contributed by atoms with Crippen molar-refractivity contribution >= 4 is 0 Å². The molecule has 2 rings (SSSR count). The molecule has 0 saturated carbocycles. The van der Waals surface area contributed by atoms with Crippen LogP contribution < -0.4 is 4.74 Å². The second-order valence-electron chi connectivity index (χ2n) is 3.98. The van der Waals surface area contributed by atoms with Crippen LogP contribution in [-0.2, 0) is 6.42 Å². The highest BCUT2D eigenvalue weighted by molar-refractivity contribution is 5.28. The molecule has 1 atom stereocenters. The fourth-order valence-corrected chi connectivity index (χ4v) is 1.51. The van der Waals surface area contributed by atoms with E-state index in [-0.39, 0.29) is 12.2 Å². The van der Waals surface area contributed by atoms with Gasteiger partial charge >= 0.3 is 6.18 Å². The molecule has 1 aromatic heterocycles. The largest absolute Gasteiger partial charge is 0.497 e. The Balaban J connectivity index is 2.09. The van der Waals surface area contributed by atoms with Gasteiger partial charge in [-0.25, -0.2) is 4.39 Å². The molecule has 108 valence electrons. The molecule has 0 aliphatic rings. The molecule has 0 aliphatic carbocycles. The minimum atomic E-state index is -5.05. The van der Waals surface area contributed by atoms with E-state index in [0.717, 1.165) is 5.56 Å². The Bertz CT molecular complexity index is 566. The number of alkyl halides is 4. The zero-order chi connectivity index (χ0) is 14.8. The van der Waals surface area contributed by atoms with Crippen LogP contribution >= 0.6 is 0 Å². The summed E-state index contributed by atoms with van der Waals surface area (Å²) >= 11 is 0. The van der Waals surface area contributed by atoms with Gasteiger partial charge in [0.25, 0.3) is 12.1 Å². The highest BCUT2D eigenvalue weighted by Crippen LogP contribution is 2.34.